The fourth-order valence-corrected chi connectivity index (χ4v) is 9.26. The summed E-state index contributed by atoms with van der Waals surface area (Å²) in [6.45, 7) is 15.0. The van der Waals surface area contributed by atoms with E-state index in [1.165, 1.54) is 7.11 Å². The first-order valence-corrected chi connectivity index (χ1v) is 10.7. The van der Waals surface area contributed by atoms with Crippen molar-refractivity contribution in [2.45, 2.75) is 96.2 Å². The van der Waals surface area contributed by atoms with Crippen LogP contribution in [0.1, 0.15) is 61.3 Å². The molecular formula is C17H36O5Si. The molecule has 23 heavy (non-hydrogen) atoms. The number of carbonyl (C=O) groups excluding carboxylic acids is 1. The molecule has 0 heterocycles. The minimum atomic E-state index is -2.08. The maximum Gasteiger partial charge on any atom is 0.308 e. The van der Waals surface area contributed by atoms with Gasteiger partial charge in [0.1, 0.15) is 0 Å². The van der Waals surface area contributed by atoms with Gasteiger partial charge in [-0.2, -0.15) is 0 Å². The van der Waals surface area contributed by atoms with Gasteiger partial charge in [0, 0.05) is 6.42 Å². The Morgan fingerprint density at radius 1 is 0.957 bits per heavy atom. The van der Waals surface area contributed by atoms with Crippen molar-refractivity contribution in [2.75, 3.05) is 7.11 Å². The second-order valence-corrected chi connectivity index (χ2v) is 12.8. The Balaban J connectivity index is 4.92. The van der Waals surface area contributed by atoms with Crippen LogP contribution in [0.2, 0.25) is 16.6 Å². The fourth-order valence-electron chi connectivity index (χ4n) is 3.64. The van der Waals surface area contributed by atoms with Gasteiger partial charge in [-0.3, -0.25) is 4.79 Å². The number of hydrogen-bond donors (Lipinski definition) is 2. The van der Waals surface area contributed by atoms with Crippen molar-refractivity contribution in [3.63, 3.8) is 0 Å². The number of hydrogen-bond acceptors (Lipinski definition) is 5. The van der Waals surface area contributed by atoms with E-state index in [1.807, 2.05) is 6.92 Å². The van der Waals surface area contributed by atoms with Gasteiger partial charge in [0.15, 0.2) is 0 Å². The highest BCUT2D eigenvalue weighted by atomic mass is 28.4. The molecule has 3 atom stereocenters. The number of rotatable bonds is 10. The van der Waals surface area contributed by atoms with Crippen molar-refractivity contribution >= 4 is 14.3 Å². The summed E-state index contributed by atoms with van der Waals surface area (Å²) in [5.74, 6) is -0.478. The molecule has 0 aromatic rings. The molecule has 138 valence electrons. The number of methoxy groups -OCH3 is 1. The molecule has 0 rings (SSSR count). The Kier molecular flexibility index (Phi) is 9.58. The predicted molar refractivity (Wildman–Crippen MR) is 94.9 cm³/mol. The third-order valence-corrected chi connectivity index (χ3v) is 11.0. The SMILES string of the molecule is COC(=O)C[C@@H](O)C[C@@H](O)[C@@H](C)O[Si](C(C)C)(C(C)C)C(C)C. The summed E-state index contributed by atoms with van der Waals surface area (Å²) < 4.78 is 11.0. The van der Waals surface area contributed by atoms with E-state index in [-0.39, 0.29) is 18.9 Å². The lowest BCUT2D eigenvalue weighted by Gasteiger charge is -2.45. The lowest BCUT2D eigenvalue weighted by Crippen LogP contribution is -2.52. The van der Waals surface area contributed by atoms with Crippen LogP contribution in [0.15, 0.2) is 0 Å². The van der Waals surface area contributed by atoms with Gasteiger partial charge in [0.25, 0.3) is 0 Å². The van der Waals surface area contributed by atoms with E-state index in [2.05, 4.69) is 46.3 Å². The zero-order valence-electron chi connectivity index (χ0n) is 16.0. The molecule has 0 radical (unpaired) electrons. The van der Waals surface area contributed by atoms with Crippen molar-refractivity contribution < 1.29 is 24.2 Å². The van der Waals surface area contributed by atoms with Gasteiger partial charge in [-0.05, 0) is 23.5 Å². The van der Waals surface area contributed by atoms with Crippen molar-refractivity contribution in [1.29, 1.82) is 0 Å². The smallest absolute Gasteiger partial charge is 0.308 e. The Morgan fingerprint density at radius 2 is 1.39 bits per heavy atom. The summed E-state index contributed by atoms with van der Waals surface area (Å²) >= 11 is 0. The van der Waals surface area contributed by atoms with E-state index in [0.29, 0.717) is 16.6 Å². The topological polar surface area (TPSA) is 76.0 Å². The number of carbonyl (C=O) groups is 1. The van der Waals surface area contributed by atoms with Gasteiger partial charge in [-0.15, -0.1) is 0 Å². The van der Waals surface area contributed by atoms with Crippen LogP contribution in [-0.4, -0.2) is 49.9 Å². The van der Waals surface area contributed by atoms with Crippen molar-refractivity contribution in [3.05, 3.63) is 0 Å². The Labute approximate surface area is 142 Å². The molecular weight excluding hydrogens is 312 g/mol. The summed E-state index contributed by atoms with van der Waals surface area (Å²) in [6, 6.07) is 0. The van der Waals surface area contributed by atoms with Crippen LogP contribution in [0.25, 0.3) is 0 Å². The molecule has 0 saturated carbocycles. The van der Waals surface area contributed by atoms with Gasteiger partial charge >= 0.3 is 5.97 Å². The highest BCUT2D eigenvalue weighted by Gasteiger charge is 2.46. The van der Waals surface area contributed by atoms with Crippen LogP contribution < -0.4 is 0 Å². The number of ether oxygens (including phenoxy) is 1. The average molecular weight is 349 g/mol. The molecule has 0 amide bonds. The van der Waals surface area contributed by atoms with E-state index < -0.39 is 26.5 Å². The summed E-state index contributed by atoms with van der Waals surface area (Å²) in [6.07, 6.45) is -2.10. The summed E-state index contributed by atoms with van der Waals surface area (Å²) in [5.41, 5.74) is 1.28. The molecule has 0 aromatic heterocycles. The van der Waals surface area contributed by atoms with Crippen LogP contribution >= 0.6 is 0 Å². The van der Waals surface area contributed by atoms with Gasteiger partial charge in [-0.25, -0.2) is 0 Å². The van der Waals surface area contributed by atoms with E-state index in [4.69, 9.17) is 4.43 Å². The first-order valence-electron chi connectivity index (χ1n) is 8.59. The van der Waals surface area contributed by atoms with Gasteiger partial charge in [0.05, 0.1) is 31.8 Å². The average Bonchev–Trinajstić information content (AvgIpc) is 2.42. The summed E-state index contributed by atoms with van der Waals surface area (Å²) in [4.78, 5) is 11.2. The monoisotopic (exact) mass is 348 g/mol. The van der Waals surface area contributed by atoms with Gasteiger partial charge < -0.3 is 19.4 Å². The normalized spacial score (nSPS) is 16.7. The largest absolute Gasteiger partial charge is 0.469 e. The number of esters is 1. The van der Waals surface area contributed by atoms with E-state index in [0.717, 1.165) is 0 Å². The van der Waals surface area contributed by atoms with E-state index in [9.17, 15) is 15.0 Å². The molecule has 0 aromatic carbocycles. The molecule has 0 aliphatic heterocycles. The quantitative estimate of drug-likeness (QED) is 0.468. The minimum absolute atomic E-state index is 0.106. The van der Waals surface area contributed by atoms with Crippen LogP contribution in [0.5, 0.6) is 0 Å². The molecule has 2 N–H and O–H groups in total. The maximum atomic E-state index is 11.2. The Bertz CT molecular complexity index is 335. The molecule has 0 aliphatic carbocycles. The highest BCUT2D eigenvalue weighted by molar-refractivity contribution is 6.77. The standard InChI is InChI=1S/C17H36O5Si/c1-11(2)23(12(3)4,13(5)6)22-14(7)16(19)9-15(18)10-17(20)21-8/h11-16,18-19H,9-10H2,1-8H3/t14-,15+,16-/m1/s1. The first-order chi connectivity index (χ1) is 10.5. The molecule has 0 spiro atoms. The molecule has 6 heteroatoms. The third-order valence-electron chi connectivity index (χ3n) is 4.78. The minimum Gasteiger partial charge on any atom is -0.469 e. The third kappa shape index (κ3) is 6.18. The summed E-state index contributed by atoms with van der Waals surface area (Å²) in [7, 11) is -0.794. The summed E-state index contributed by atoms with van der Waals surface area (Å²) in [5, 5.41) is 20.3. The highest BCUT2D eigenvalue weighted by Crippen LogP contribution is 2.43. The second-order valence-electron chi connectivity index (χ2n) is 7.38. The van der Waals surface area contributed by atoms with Crippen LogP contribution in [0.4, 0.5) is 0 Å². The van der Waals surface area contributed by atoms with Gasteiger partial charge in [-0.1, -0.05) is 41.5 Å². The number of aliphatic hydroxyl groups is 2. The maximum absolute atomic E-state index is 11.2. The van der Waals surface area contributed by atoms with Crippen molar-refractivity contribution in [2.24, 2.45) is 0 Å². The first kappa shape index (κ1) is 22.6. The zero-order valence-corrected chi connectivity index (χ0v) is 17.0. The van der Waals surface area contributed by atoms with E-state index >= 15 is 0 Å². The molecule has 0 fully saturated rings. The fraction of sp³-hybridized carbons (Fsp3) is 0.941. The lowest BCUT2D eigenvalue weighted by molar-refractivity contribution is -0.143. The molecule has 0 saturated heterocycles. The second kappa shape index (κ2) is 9.76. The molecule has 0 aliphatic rings. The van der Waals surface area contributed by atoms with E-state index in [1.54, 1.807) is 0 Å². The van der Waals surface area contributed by atoms with Crippen LogP contribution in [0.3, 0.4) is 0 Å². The Morgan fingerprint density at radius 3 is 1.74 bits per heavy atom. The van der Waals surface area contributed by atoms with Crippen molar-refractivity contribution in [3.8, 4) is 0 Å². The Hall–Kier alpha value is -0.433. The van der Waals surface area contributed by atoms with Gasteiger partial charge in [0.2, 0.25) is 8.32 Å². The van der Waals surface area contributed by atoms with Crippen molar-refractivity contribution in [1.82, 2.24) is 0 Å². The molecule has 0 unspecified atom stereocenters. The lowest BCUT2D eigenvalue weighted by atomic mass is 10.1. The molecule has 5 nitrogen and oxygen atoms in total. The predicted octanol–water partition coefficient (Wildman–Crippen LogP) is 3.24. The number of aliphatic hydroxyl groups excluding tert-OH is 2. The molecule has 0 bridgehead atoms. The van der Waals surface area contributed by atoms with Crippen LogP contribution in [-0.2, 0) is 14.0 Å². The van der Waals surface area contributed by atoms with Crippen LogP contribution in [0, 0.1) is 0 Å². The zero-order chi connectivity index (χ0) is 18.4.